The second kappa shape index (κ2) is 9.35. The Morgan fingerprint density at radius 3 is 2.05 bits per heavy atom. The van der Waals surface area contributed by atoms with Crippen LogP contribution in [-0.4, -0.2) is 36.9 Å². The number of carbonyl (C=O) groups is 2. The Morgan fingerprint density at radius 1 is 1.15 bits per heavy atom. The Kier molecular flexibility index (Phi) is 8.62. The third-order valence-electron chi connectivity index (χ3n) is 3.37. The molecule has 0 aromatic carbocycles. The van der Waals surface area contributed by atoms with Gasteiger partial charge in [-0.15, -0.1) is 0 Å². The van der Waals surface area contributed by atoms with E-state index < -0.39 is 5.41 Å². The minimum atomic E-state index is -0.979. The predicted octanol–water partition coefficient (Wildman–Crippen LogP) is 2.08. The summed E-state index contributed by atoms with van der Waals surface area (Å²) < 4.78 is 0. The molecule has 20 heavy (non-hydrogen) atoms. The van der Waals surface area contributed by atoms with Crippen LogP contribution in [-0.2, 0) is 9.59 Å². The van der Waals surface area contributed by atoms with Gasteiger partial charge in [-0.2, -0.15) is 5.26 Å². The highest BCUT2D eigenvalue weighted by Gasteiger charge is 2.40. The number of nitrogens with zero attached hydrogens (tertiary/aromatic N) is 2. The van der Waals surface area contributed by atoms with E-state index in [0.29, 0.717) is 19.4 Å². The third-order valence-corrected chi connectivity index (χ3v) is 3.37. The number of likely N-dealkylation sites (N-methyl/N-ethyl adjacent to an activating group) is 1. The van der Waals surface area contributed by atoms with Gasteiger partial charge in [0.15, 0.2) is 0 Å². The van der Waals surface area contributed by atoms with E-state index in [1.807, 2.05) is 20.8 Å². The molecule has 0 saturated heterocycles. The molecule has 5 heteroatoms. The van der Waals surface area contributed by atoms with Gasteiger partial charge in [-0.1, -0.05) is 33.6 Å². The van der Waals surface area contributed by atoms with Gasteiger partial charge in [0.1, 0.15) is 5.41 Å². The summed E-state index contributed by atoms with van der Waals surface area (Å²) in [5, 5.41) is 12.0. The Morgan fingerprint density at radius 2 is 1.70 bits per heavy atom. The molecular formula is C15H27N3O2. The highest BCUT2D eigenvalue weighted by Crippen LogP contribution is 2.31. The van der Waals surface area contributed by atoms with Crippen LogP contribution in [0.15, 0.2) is 0 Å². The first-order chi connectivity index (χ1) is 9.51. The average Bonchev–Trinajstić information content (AvgIpc) is 2.45. The standard InChI is InChI=1S/C15H27N3O2/c1-5-8-15(12-16,9-6-2)14(20)18(10-7-3)11-13(19)17-4/h5-11H2,1-4H3,(H,17,19). The molecular weight excluding hydrogens is 254 g/mol. The van der Waals surface area contributed by atoms with Gasteiger partial charge in [0.05, 0.1) is 12.6 Å². The minimum absolute atomic E-state index is 0.0278. The smallest absolute Gasteiger partial charge is 0.243 e. The molecule has 5 nitrogen and oxygen atoms in total. The van der Waals surface area contributed by atoms with Crippen molar-refractivity contribution in [3.63, 3.8) is 0 Å². The van der Waals surface area contributed by atoms with E-state index in [9.17, 15) is 14.9 Å². The van der Waals surface area contributed by atoms with Crippen LogP contribution in [0.5, 0.6) is 0 Å². The first-order valence-electron chi connectivity index (χ1n) is 7.42. The number of nitrogens with one attached hydrogen (secondary N) is 1. The molecule has 1 N–H and O–H groups in total. The van der Waals surface area contributed by atoms with Crippen molar-refractivity contribution in [2.24, 2.45) is 5.41 Å². The minimum Gasteiger partial charge on any atom is -0.358 e. The lowest BCUT2D eigenvalue weighted by Gasteiger charge is -2.31. The van der Waals surface area contributed by atoms with Crippen LogP contribution in [0, 0.1) is 16.7 Å². The molecule has 0 radical (unpaired) electrons. The molecule has 0 atom stereocenters. The van der Waals surface area contributed by atoms with Crippen LogP contribution in [0.1, 0.15) is 52.9 Å². The molecule has 0 aliphatic heterocycles. The summed E-state index contributed by atoms with van der Waals surface area (Å²) in [6.45, 7) is 6.43. The van der Waals surface area contributed by atoms with E-state index in [1.54, 1.807) is 7.05 Å². The van der Waals surface area contributed by atoms with Crippen LogP contribution < -0.4 is 5.32 Å². The Bertz CT molecular complexity index is 355. The van der Waals surface area contributed by atoms with Gasteiger partial charge in [0.2, 0.25) is 11.8 Å². The van der Waals surface area contributed by atoms with E-state index in [1.165, 1.54) is 4.90 Å². The summed E-state index contributed by atoms with van der Waals surface area (Å²) in [6, 6.07) is 2.22. The summed E-state index contributed by atoms with van der Waals surface area (Å²) in [5.41, 5.74) is -0.979. The number of hydrogen-bond donors (Lipinski definition) is 1. The van der Waals surface area contributed by atoms with Crippen LogP contribution >= 0.6 is 0 Å². The summed E-state index contributed by atoms with van der Waals surface area (Å²) in [7, 11) is 1.55. The fourth-order valence-electron chi connectivity index (χ4n) is 2.43. The number of nitriles is 1. The summed E-state index contributed by atoms with van der Waals surface area (Å²) in [5.74, 6) is -0.402. The molecule has 0 rings (SSSR count). The van der Waals surface area contributed by atoms with E-state index in [-0.39, 0.29) is 18.4 Å². The Balaban J connectivity index is 5.23. The third kappa shape index (κ3) is 4.84. The van der Waals surface area contributed by atoms with Gasteiger partial charge in [0.25, 0.3) is 0 Å². The second-order valence-corrected chi connectivity index (χ2v) is 5.09. The monoisotopic (exact) mass is 281 g/mol. The largest absolute Gasteiger partial charge is 0.358 e. The van der Waals surface area contributed by atoms with Gasteiger partial charge in [-0.3, -0.25) is 9.59 Å². The van der Waals surface area contributed by atoms with Crippen molar-refractivity contribution in [1.82, 2.24) is 10.2 Å². The first kappa shape index (κ1) is 18.4. The summed E-state index contributed by atoms with van der Waals surface area (Å²) in [4.78, 5) is 25.8. The molecule has 0 fully saturated rings. The van der Waals surface area contributed by atoms with Crippen LogP contribution in [0.25, 0.3) is 0 Å². The van der Waals surface area contributed by atoms with Crippen molar-refractivity contribution in [2.75, 3.05) is 20.1 Å². The molecule has 0 aliphatic rings. The van der Waals surface area contributed by atoms with Gasteiger partial charge < -0.3 is 10.2 Å². The Labute approximate surface area is 122 Å². The van der Waals surface area contributed by atoms with Crippen molar-refractivity contribution < 1.29 is 9.59 Å². The van der Waals surface area contributed by atoms with Crippen LogP contribution in [0.4, 0.5) is 0 Å². The average molecular weight is 281 g/mol. The molecule has 2 amide bonds. The molecule has 0 bridgehead atoms. The van der Waals surface area contributed by atoms with Gasteiger partial charge in [-0.05, 0) is 19.3 Å². The summed E-state index contributed by atoms with van der Waals surface area (Å²) >= 11 is 0. The highest BCUT2D eigenvalue weighted by atomic mass is 16.2. The zero-order chi connectivity index (χ0) is 15.6. The van der Waals surface area contributed by atoms with Crippen molar-refractivity contribution in [1.29, 1.82) is 5.26 Å². The number of rotatable bonds is 9. The zero-order valence-electron chi connectivity index (χ0n) is 13.2. The van der Waals surface area contributed by atoms with E-state index in [2.05, 4.69) is 11.4 Å². The van der Waals surface area contributed by atoms with Crippen molar-refractivity contribution in [2.45, 2.75) is 52.9 Å². The van der Waals surface area contributed by atoms with E-state index in [4.69, 9.17) is 0 Å². The number of carbonyl (C=O) groups excluding carboxylic acids is 2. The molecule has 0 unspecified atom stereocenters. The molecule has 0 aromatic heterocycles. The number of amides is 2. The van der Waals surface area contributed by atoms with E-state index in [0.717, 1.165) is 19.3 Å². The molecule has 0 aromatic rings. The Hall–Kier alpha value is -1.57. The topological polar surface area (TPSA) is 73.2 Å². The molecule has 0 spiro atoms. The lowest BCUT2D eigenvalue weighted by molar-refractivity contribution is -0.143. The maximum atomic E-state index is 12.7. The highest BCUT2D eigenvalue weighted by molar-refractivity contribution is 5.89. The lowest BCUT2D eigenvalue weighted by atomic mass is 9.79. The fourth-order valence-corrected chi connectivity index (χ4v) is 2.43. The first-order valence-corrected chi connectivity index (χ1v) is 7.42. The quantitative estimate of drug-likeness (QED) is 0.703. The van der Waals surface area contributed by atoms with Crippen molar-refractivity contribution >= 4 is 11.8 Å². The predicted molar refractivity (Wildman–Crippen MR) is 78.8 cm³/mol. The van der Waals surface area contributed by atoms with Crippen LogP contribution in [0.2, 0.25) is 0 Å². The van der Waals surface area contributed by atoms with Gasteiger partial charge in [0, 0.05) is 13.6 Å². The second-order valence-electron chi connectivity index (χ2n) is 5.09. The van der Waals surface area contributed by atoms with Gasteiger partial charge in [-0.25, -0.2) is 0 Å². The normalized spacial score (nSPS) is 10.8. The SMILES string of the molecule is CCCN(CC(=O)NC)C(=O)C(C#N)(CCC)CCC. The van der Waals surface area contributed by atoms with E-state index >= 15 is 0 Å². The number of hydrogen-bond acceptors (Lipinski definition) is 3. The van der Waals surface area contributed by atoms with Crippen molar-refractivity contribution in [3.8, 4) is 6.07 Å². The molecule has 0 heterocycles. The van der Waals surface area contributed by atoms with Gasteiger partial charge >= 0.3 is 0 Å². The molecule has 0 aliphatic carbocycles. The molecule has 114 valence electrons. The zero-order valence-corrected chi connectivity index (χ0v) is 13.2. The molecule has 0 saturated carbocycles. The maximum Gasteiger partial charge on any atom is 0.243 e. The fraction of sp³-hybridized carbons (Fsp3) is 0.800. The summed E-state index contributed by atoms with van der Waals surface area (Å²) in [6.07, 6.45) is 3.41. The van der Waals surface area contributed by atoms with Crippen LogP contribution in [0.3, 0.4) is 0 Å². The maximum absolute atomic E-state index is 12.7. The lowest BCUT2D eigenvalue weighted by Crippen LogP contribution is -2.47. The van der Waals surface area contributed by atoms with Crippen molar-refractivity contribution in [3.05, 3.63) is 0 Å².